The van der Waals surface area contributed by atoms with Crippen LogP contribution in [0.1, 0.15) is 41.6 Å². The number of halogens is 1. The molecule has 1 heterocycles. The van der Waals surface area contributed by atoms with Crippen molar-refractivity contribution in [2.24, 2.45) is 0 Å². The molecule has 0 bridgehead atoms. The smallest absolute Gasteiger partial charge is 0.0595 e. The molecule has 0 spiro atoms. The summed E-state index contributed by atoms with van der Waals surface area (Å²) in [6.45, 7) is 7.27. The fraction of sp³-hybridized carbons (Fsp3) is 0.353. The van der Waals surface area contributed by atoms with Gasteiger partial charge in [-0.1, -0.05) is 30.7 Å². The van der Waals surface area contributed by atoms with Crippen LogP contribution in [0.25, 0.3) is 0 Å². The standard InChI is InChI=1S/C17H21ClN2/c1-4-8-20-17(15-11-19-9-7-12(15)2)14-6-5-13(3)16(18)10-14/h5-7,9-11,17,20H,4,8H2,1-3H3. The van der Waals surface area contributed by atoms with E-state index in [4.69, 9.17) is 11.6 Å². The normalized spacial score (nSPS) is 12.4. The minimum atomic E-state index is 0.141. The molecule has 1 atom stereocenters. The summed E-state index contributed by atoms with van der Waals surface area (Å²) in [4.78, 5) is 4.27. The van der Waals surface area contributed by atoms with Crippen LogP contribution < -0.4 is 5.32 Å². The average Bonchev–Trinajstić information content (AvgIpc) is 2.44. The van der Waals surface area contributed by atoms with Crippen molar-refractivity contribution < 1.29 is 0 Å². The first-order valence-electron chi connectivity index (χ1n) is 7.03. The third kappa shape index (κ3) is 3.38. The highest BCUT2D eigenvalue weighted by Crippen LogP contribution is 2.27. The number of aromatic nitrogens is 1. The van der Waals surface area contributed by atoms with Gasteiger partial charge in [0.15, 0.2) is 0 Å². The Morgan fingerprint density at radius 3 is 2.65 bits per heavy atom. The van der Waals surface area contributed by atoms with E-state index in [2.05, 4.69) is 42.3 Å². The summed E-state index contributed by atoms with van der Waals surface area (Å²) < 4.78 is 0. The van der Waals surface area contributed by atoms with E-state index in [9.17, 15) is 0 Å². The molecule has 106 valence electrons. The van der Waals surface area contributed by atoms with Crippen LogP contribution in [0.5, 0.6) is 0 Å². The molecule has 1 unspecified atom stereocenters. The van der Waals surface area contributed by atoms with Crippen molar-refractivity contribution in [2.45, 2.75) is 33.2 Å². The molecule has 2 nitrogen and oxygen atoms in total. The number of hydrogen-bond donors (Lipinski definition) is 1. The Morgan fingerprint density at radius 2 is 2.00 bits per heavy atom. The molecule has 1 N–H and O–H groups in total. The summed E-state index contributed by atoms with van der Waals surface area (Å²) in [5, 5.41) is 4.40. The fourth-order valence-electron chi connectivity index (χ4n) is 2.26. The molecule has 0 amide bonds. The molecule has 0 aliphatic heterocycles. The lowest BCUT2D eigenvalue weighted by atomic mass is 9.96. The van der Waals surface area contributed by atoms with Crippen molar-refractivity contribution in [1.82, 2.24) is 10.3 Å². The van der Waals surface area contributed by atoms with Crippen LogP contribution in [-0.2, 0) is 0 Å². The second kappa shape index (κ2) is 6.87. The zero-order chi connectivity index (χ0) is 14.5. The van der Waals surface area contributed by atoms with Crippen LogP contribution >= 0.6 is 11.6 Å². The molecular weight excluding hydrogens is 268 g/mol. The largest absolute Gasteiger partial charge is 0.306 e. The van der Waals surface area contributed by atoms with Crippen LogP contribution in [0.4, 0.5) is 0 Å². The van der Waals surface area contributed by atoms with Gasteiger partial charge in [-0.2, -0.15) is 0 Å². The third-order valence-corrected chi connectivity index (χ3v) is 3.93. The fourth-order valence-corrected chi connectivity index (χ4v) is 2.45. The first-order chi connectivity index (χ1) is 9.63. The zero-order valence-corrected chi connectivity index (χ0v) is 13.0. The second-order valence-corrected chi connectivity index (χ2v) is 5.54. The monoisotopic (exact) mass is 288 g/mol. The summed E-state index contributed by atoms with van der Waals surface area (Å²) in [5.41, 5.74) is 4.74. The van der Waals surface area contributed by atoms with Crippen molar-refractivity contribution in [3.05, 3.63) is 63.9 Å². The molecule has 0 radical (unpaired) electrons. The van der Waals surface area contributed by atoms with Gasteiger partial charge in [-0.05, 0) is 61.2 Å². The molecule has 0 saturated carbocycles. The van der Waals surface area contributed by atoms with Crippen LogP contribution in [0, 0.1) is 13.8 Å². The van der Waals surface area contributed by atoms with Gasteiger partial charge in [0, 0.05) is 17.4 Å². The Kier molecular flexibility index (Phi) is 5.16. The highest BCUT2D eigenvalue weighted by atomic mass is 35.5. The van der Waals surface area contributed by atoms with Gasteiger partial charge in [0.05, 0.1) is 6.04 Å². The van der Waals surface area contributed by atoms with Gasteiger partial charge < -0.3 is 5.32 Å². The molecule has 2 aromatic rings. The predicted molar refractivity (Wildman–Crippen MR) is 85.3 cm³/mol. The number of benzene rings is 1. The molecule has 0 fully saturated rings. The summed E-state index contributed by atoms with van der Waals surface area (Å²) in [6.07, 6.45) is 4.86. The van der Waals surface area contributed by atoms with Crippen molar-refractivity contribution in [3.8, 4) is 0 Å². The topological polar surface area (TPSA) is 24.9 Å². The molecule has 1 aromatic carbocycles. The number of aryl methyl sites for hydroxylation is 2. The molecule has 3 heteroatoms. The molecule has 0 aliphatic rings. The first kappa shape index (κ1) is 15.0. The van der Waals surface area contributed by atoms with Gasteiger partial charge in [-0.3, -0.25) is 4.98 Å². The summed E-state index contributed by atoms with van der Waals surface area (Å²) >= 11 is 6.28. The van der Waals surface area contributed by atoms with Gasteiger partial charge in [-0.15, -0.1) is 0 Å². The Labute approximate surface area is 126 Å². The third-order valence-electron chi connectivity index (χ3n) is 3.52. The summed E-state index contributed by atoms with van der Waals surface area (Å²) in [5.74, 6) is 0. The van der Waals surface area contributed by atoms with Gasteiger partial charge >= 0.3 is 0 Å². The zero-order valence-electron chi connectivity index (χ0n) is 12.3. The van der Waals surface area contributed by atoms with Crippen LogP contribution in [0.15, 0.2) is 36.7 Å². The Bertz CT molecular complexity index is 581. The van der Waals surface area contributed by atoms with Gasteiger partial charge in [0.1, 0.15) is 0 Å². The average molecular weight is 289 g/mol. The number of nitrogens with one attached hydrogen (secondary N) is 1. The summed E-state index contributed by atoms with van der Waals surface area (Å²) in [6, 6.07) is 8.45. The maximum Gasteiger partial charge on any atom is 0.0595 e. The first-order valence-corrected chi connectivity index (χ1v) is 7.41. The highest BCUT2D eigenvalue weighted by Gasteiger charge is 2.16. The lowest BCUT2D eigenvalue weighted by molar-refractivity contribution is 0.594. The Morgan fingerprint density at radius 1 is 1.20 bits per heavy atom. The van der Waals surface area contributed by atoms with Crippen molar-refractivity contribution in [3.63, 3.8) is 0 Å². The van der Waals surface area contributed by atoms with E-state index in [-0.39, 0.29) is 6.04 Å². The van der Waals surface area contributed by atoms with E-state index in [1.165, 1.54) is 16.7 Å². The van der Waals surface area contributed by atoms with Crippen LogP contribution in [-0.4, -0.2) is 11.5 Å². The second-order valence-electron chi connectivity index (χ2n) is 5.13. The van der Waals surface area contributed by atoms with Gasteiger partial charge in [0.2, 0.25) is 0 Å². The minimum Gasteiger partial charge on any atom is -0.306 e. The van der Waals surface area contributed by atoms with Gasteiger partial charge in [0.25, 0.3) is 0 Å². The van der Waals surface area contributed by atoms with E-state index in [1.54, 1.807) is 0 Å². The van der Waals surface area contributed by atoms with Crippen molar-refractivity contribution >= 4 is 11.6 Å². The van der Waals surface area contributed by atoms with Crippen molar-refractivity contribution in [2.75, 3.05) is 6.54 Å². The molecular formula is C17H21ClN2. The van der Waals surface area contributed by atoms with Crippen molar-refractivity contribution in [1.29, 1.82) is 0 Å². The van der Waals surface area contributed by atoms with Crippen LogP contribution in [0.3, 0.4) is 0 Å². The maximum atomic E-state index is 6.28. The SMILES string of the molecule is CCCNC(c1ccc(C)c(Cl)c1)c1cnccc1C. The predicted octanol–water partition coefficient (Wildman–Crippen LogP) is 4.44. The highest BCUT2D eigenvalue weighted by molar-refractivity contribution is 6.31. The van der Waals surface area contributed by atoms with E-state index >= 15 is 0 Å². The van der Waals surface area contributed by atoms with Gasteiger partial charge in [-0.25, -0.2) is 0 Å². The summed E-state index contributed by atoms with van der Waals surface area (Å²) in [7, 11) is 0. The lowest BCUT2D eigenvalue weighted by Gasteiger charge is -2.21. The number of hydrogen-bond acceptors (Lipinski definition) is 2. The minimum absolute atomic E-state index is 0.141. The maximum absolute atomic E-state index is 6.28. The van der Waals surface area contributed by atoms with Crippen LogP contribution in [0.2, 0.25) is 5.02 Å². The molecule has 2 rings (SSSR count). The molecule has 1 aromatic heterocycles. The van der Waals surface area contributed by atoms with E-state index in [1.807, 2.05) is 25.4 Å². The Balaban J connectivity index is 2.41. The number of rotatable bonds is 5. The quantitative estimate of drug-likeness (QED) is 0.880. The molecule has 20 heavy (non-hydrogen) atoms. The molecule has 0 saturated heterocycles. The number of nitrogens with zero attached hydrogens (tertiary/aromatic N) is 1. The van der Waals surface area contributed by atoms with E-state index in [0.29, 0.717) is 0 Å². The van der Waals surface area contributed by atoms with E-state index in [0.717, 1.165) is 23.6 Å². The number of pyridine rings is 1. The lowest BCUT2D eigenvalue weighted by Crippen LogP contribution is -2.24. The Hall–Kier alpha value is -1.38. The van der Waals surface area contributed by atoms with E-state index < -0.39 is 0 Å². The molecule has 0 aliphatic carbocycles.